The number of amides is 2. The molecule has 8 nitrogen and oxygen atoms in total. The van der Waals surface area contributed by atoms with Crippen LogP contribution in [0.5, 0.6) is 5.88 Å². The summed E-state index contributed by atoms with van der Waals surface area (Å²) in [5.41, 5.74) is 1.05. The highest BCUT2D eigenvalue weighted by molar-refractivity contribution is 5.89. The van der Waals surface area contributed by atoms with Crippen molar-refractivity contribution in [2.24, 2.45) is 0 Å². The predicted molar refractivity (Wildman–Crippen MR) is 97.3 cm³/mol. The Kier molecular flexibility index (Phi) is 5.96. The minimum absolute atomic E-state index is 0.202. The largest absolute Gasteiger partial charge is 0.468 e. The molecule has 1 atom stereocenters. The van der Waals surface area contributed by atoms with Crippen molar-refractivity contribution in [2.75, 3.05) is 11.9 Å². The lowest BCUT2D eigenvalue weighted by Crippen LogP contribution is -2.33. The number of halogens is 3. The smallest absolute Gasteiger partial charge is 0.422 e. The first-order valence-corrected chi connectivity index (χ1v) is 8.47. The number of nitrogens with one attached hydrogen (secondary N) is 3. The van der Waals surface area contributed by atoms with Crippen LogP contribution in [0.3, 0.4) is 0 Å². The number of aromatic amines is 1. The van der Waals surface area contributed by atoms with Gasteiger partial charge in [0.2, 0.25) is 5.88 Å². The minimum atomic E-state index is -4.45. The Morgan fingerprint density at radius 2 is 1.97 bits per heavy atom. The third-order valence-electron chi connectivity index (χ3n) is 3.66. The molecule has 1 aromatic carbocycles. The molecule has 3 N–H and O–H groups in total. The number of hydrogen-bond acceptors (Lipinski definition) is 5. The Bertz CT molecular complexity index is 944. The Hall–Kier alpha value is -3.63. The number of aromatic nitrogens is 4. The number of aryl methyl sites for hydroxylation is 1. The molecule has 11 heteroatoms. The second-order valence-electron chi connectivity index (χ2n) is 6.01. The topological polar surface area (TPSA) is 105 Å². The van der Waals surface area contributed by atoms with Gasteiger partial charge >= 0.3 is 12.2 Å². The maximum absolute atomic E-state index is 12.4. The molecule has 2 amide bonds. The van der Waals surface area contributed by atoms with E-state index in [9.17, 15) is 18.0 Å². The zero-order valence-electron chi connectivity index (χ0n) is 15.2. The number of rotatable bonds is 6. The van der Waals surface area contributed by atoms with Crippen LogP contribution in [0.1, 0.15) is 23.3 Å². The van der Waals surface area contributed by atoms with E-state index in [1.54, 1.807) is 6.92 Å². The van der Waals surface area contributed by atoms with Gasteiger partial charge < -0.3 is 15.4 Å². The van der Waals surface area contributed by atoms with E-state index < -0.39 is 24.9 Å². The highest BCUT2D eigenvalue weighted by Crippen LogP contribution is 2.20. The highest BCUT2D eigenvalue weighted by Gasteiger charge is 2.28. The van der Waals surface area contributed by atoms with E-state index >= 15 is 0 Å². The Morgan fingerprint density at radius 1 is 1.21 bits per heavy atom. The fourth-order valence-corrected chi connectivity index (χ4v) is 2.43. The molecule has 0 aliphatic carbocycles. The van der Waals surface area contributed by atoms with Gasteiger partial charge in [0.05, 0.1) is 11.9 Å². The second kappa shape index (κ2) is 8.59. The minimum Gasteiger partial charge on any atom is -0.468 e. The average Bonchev–Trinajstić information content (AvgIpc) is 3.12. The molecule has 152 valence electrons. The number of H-pyrrole nitrogens is 1. The van der Waals surface area contributed by atoms with Crippen LogP contribution in [0.2, 0.25) is 0 Å². The first kappa shape index (κ1) is 20.1. The molecule has 0 spiro atoms. The van der Waals surface area contributed by atoms with Crippen LogP contribution in [0, 0.1) is 6.92 Å². The summed E-state index contributed by atoms with van der Waals surface area (Å²) in [4.78, 5) is 20.4. The zero-order valence-corrected chi connectivity index (χ0v) is 15.2. The van der Waals surface area contributed by atoms with Crippen LogP contribution in [-0.2, 0) is 0 Å². The summed E-state index contributed by atoms with van der Waals surface area (Å²) in [6, 6.07) is 10.6. The quantitative estimate of drug-likeness (QED) is 0.582. The third-order valence-corrected chi connectivity index (χ3v) is 3.66. The van der Waals surface area contributed by atoms with E-state index in [0.29, 0.717) is 11.6 Å². The van der Waals surface area contributed by atoms with Gasteiger partial charge in [0.25, 0.3) is 0 Å². The summed E-state index contributed by atoms with van der Waals surface area (Å²) < 4.78 is 41.0. The standard InChI is InChI=1S/C18H17F3N6O2/c1-11-23-16(27-26-11)15(12-5-3-2-4-6-12)25-17(28)24-13-7-8-14(22-9-13)29-10-18(19,20)21/h2-9,15H,10H2,1H3,(H,23,26,27)(H2,24,25,28). The molecule has 0 saturated carbocycles. The molecule has 2 heterocycles. The Labute approximate surface area is 163 Å². The molecule has 0 aliphatic rings. The number of ether oxygens (including phenoxy) is 1. The summed E-state index contributed by atoms with van der Waals surface area (Å²) in [6.07, 6.45) is -3.26. The van der Waals surface area contributed by atoms with Crippen molar-refractivity contribution < 1.29 is 22.7 Å². The van der Waals surface area contributed by atoms with Gasteiger partial charge in [0.15, 0.2) is 12.4 Å². The monoisotopic (exact) mass is 406 g/mol. The predicted octanol–water partition coefficient (Wildman–Crippen LogP) is 3.36. The van der Waals surface area contributed by atoms with Crippen molar-refractivity contribution in [3.8, 4) is 5.88 Å². The Morgan fingerprint density at radius 3 is 2.55 bits per heavy atom. The number of anilines is 1. The molecule has 0 bridgehead atoms. The maximum atomic E-state index is 12.4. The number of carbonyl (C=O) groups excluding carboxylic acids is 1. The van der Waals surface area contributed by atoms with E-state index in [1.165, 1.54) is 18.3 Å². The van der Waals surface area contributed by atoms with Crippen molar-refractivity contribution >= 4 is 11.7 Å². The van der Waals surface area contributed by atoms with Crippen LogP contribution in [0.15, 0.2) is 48.7 Å². The average molecular weight is 406 g/mol. The summed E-state index contributed by atoms with van der Waals surface area (Å²) in [6.45, 7) is 0.300. The summed E-state index contributed by atoms with van der Waals surface area (Å²) in [5.74, 6) is 0.784. The molecule has 3 aromatic rings. The van der Waals surface area contributed by atoms with Crippen LogP contribution < -0.4 is 15.4 Å². The highest BCUT2D eigenvalue weighted by atomic mass is 19.4. The van der Waals surface area contributed by atoms with Crippen molar-refractivity contribution in [1.29, 1.82) is 0 Å². The number of pyridine rings is 1. The van der Waals surface area contributed by atoms with Gasteiger partial charge in [-0.05, 0) is 18.6 Å². The van der Waals surface area contributed by atoms with Crippen LogP contribution in [-0.4, -0.2) is 39.0 Å². The van der Waals surface area contributed by atoms with Gasteiger partial charge in [-0.3, -0.25) is 5.10 Å². The van der Waals surface area contributed by atoms with Crippen LogP contribution in [0.4, 0.5) is 23.7 Å². The molecule has 2 aromatic heterocycles. The van der Waals surface area contributed by atoms with Crippen molar-refractivity contribution in [3.63, 3.8) is 0 Å². The fraction of sp³-hybridized carbons (Fsp3) is 0.222. The first-order chi connectivity index (χ1) is 13.8. The molecule has 1 unspecified atom stereocenters. The first-order valence-electron chi connectivity index (χ1n) is 8.47. The van der Waals surface area contributed by atoms with E-state index in [-0.39, 0.29) is 11.6 Å². The molecule has 0 radical (unpaired) electrons. The van der Waals surface area contributed by atoms with Gasteiger partial charge in [-0.2, -0.15) is 18.3 Å². The lowest BCUT2D eigenvalue weighted by molar-refractivity contribution is -0.154. The summed E-state index contributed by atoms with van der Waals surface area (Å²) in [5, 5.41) is 12.2. The van der Waals surface area contributed by atoms with E-state index in [1.807, 2.05) is 30.3 Å². The number of nitrogens with zero attached hydrogens (tertiary/aromatic N) is 3. The summed E-state index contributed by atoms with van der Waals surface area (Å²) >= 11 is 0. The van der Waals surface area contributed by atoms with Crippen LogP contribution in [0.25, 0.3) is 0 Å². The van der Waals surface area contributed by atoms with E-state index in [0.717, 1.165) is 5.56 Å². The third kappa shape index (κ3) is 5.92. The molecule has 3 rings (SSSR count). The second-order valence-corrected chi connectivity index (χ2v) is 6.01. The number of carbonyl (C=O) groups is 1. The SMILES string of the molecule is Cc1nc(C(NC(=O)Nc2ccc(OCC(F)(F)F)nc2)c2ccccc2)n[nH]1. The van der Waals surface area contributed by atoms with Crippen LogP contribution >= 0.6 is 0 Å². The molecule has 0 fully saturated rings. The van der Waals surface area contributed by atoms with Gasteiger partial charge in [-0.25, -0.2) is 14.8 Å². The van der Waals surface area contributed by atoms with E-state index in [2.05, 4.69) is 35.5 Å². The number of benzene rings is 1. The summed E-state index contributed by atoms with van der Waals surface area (Å²) in [7, 11) is 0. The zero-order chi connectivity index (χ0) is 20.9. The molecular formula is C18H17F3N6O2. The number of urea groups is 1. The normalized spacial score (nSPS) is 12.3. The number of alkyl halides is 3. The lowest BCUT2D eigenvalue weighted by atomic mass is 10.1. The van der Waals surface area contributed by atoms with Gasteiger partial charge in [-0.15, -0.1) is 0 Å². The Balaban J connectivity index is 1.66. The van der Waals surface area contributed by atoms with Crippen molar-refractivity contribution in [2.45, 2.75) is 19.1 Å². The lowest BCUT2D eigenvalue weighted by Gasteiger charge is -2.17. The molecular weight excluding hydrogens is 389 g/mol. The van der Waals surface area contributed by atoms with Gasteiger partial charge in [0, 0.05) is 6.07 Å². The molecule has 29 heavy (non-hydrogen) atoms. The molecule has 0 saturated heterocycles. The van der Waals surface area contributed by atoms with Crippen molar-refractivity contribution in [3.05, 3.63) is 65.9 Å². The fourth-order valence-electron chi connectivity index (χ4n) is 2.43. The maximum Gasteiger partial charge on any atom is 0.422 e. The molecule has 0 aliphatic heterocycles. The van der Waals surface area contributed by atoms with Gasteiger partial charge in [-0.1, -0.05) is 30.3 Å². The van der Waals surface area contributed by atoms with E-state index in [4.69, 9.17) is 0 Å². The number of hydrogen-bond donors (Lipinski definition) is 3. The van der Waals surface area contributed by atoms with Crippen molar-refractivity contribution in [1.82, 2.24) is 25.5 Å². The van der Waals surface area contributed by atoms with Gasteiger partial charge in [0.1, 0.15) is 11.9 Å².